The van der Waals surface area contributed by atoms with Gasteiger partial charge in [0.05, 0.1) is 28.4 Å². The normalized spacial score (nSPS) is 12.8. The van der Waals surface area contributed by atoms with E-state index in [1.54, 1.807) is 31.4 Å². The number of hydrogen-bond acceptors (Lipinski definition) is 6. The number of benzene rings is 2. The zero-order chi connectivity index (χ0) is 20.7. The summed E-state index contributed by atoms with van der Waals surface area (Å²) in [7, 11) is 6.11. The predicted molar refractivity (Wildman–Crippen MR) is 108 cm³/mol. The molecule has 0 saturated heterocycles. The second kappa shape index (κ2) is 7.16. The highest BCUT2D eigenvalue weighted by Crippen LogP contribution is 2.38. The smallest absolute Gasteiger partial charge is 0.251 e. The number of ether oxygens (including phenoxy) is 4. The Morgan fingerprint density at radius 1 is 0.793 bits per heavy atom. The topological polar surface area (TPSA) is 76.0 Å². The number of aromatic nitrogens is 1. The maximum absolute atomic E-state index is 13.6. The third-order valence-electron chi connectivity index (χ3n) is 5.32. The first kappa shape index (κ1) is 18.9. The summed E-state index contributed by atoms with van der Waals surface area (Å²) in [5.74, 6) is 1.70. The molecule has 3 aromatic rings. The molecule has 0 amide bonds. The molecule has 0 saturated carbocycles. The minimum absolute atomic E-state index is 0.242. The molecular weight excluding hydrogens is 374 g/mol. The summed E-state index contributed by atoms with van der Waals surface area (Å²) < 4.78 is 23.1. The first-order valence-electron chi connectivity index (χ1n) is 9.12. The third-order valence-corrected chi connectivity index (χ3v) is 5.32. The maximum Gasteiger partial charge on any atom is 0.251 e. The van der Waals surface area contributed by atoms with Gasteiger partial charge in [-0.25, -0.2) is 0 Å². The van der Waals surface area contributed by atoms with Crippen LogP contribution < -0.4 is 24.5 Å². The number of rotatable bonds is 4. The largest absolute Gasteiger partial charge is 0.493 e. The maximum atomic E-state index is 13.6. The Kier molecular flexibility index (Phi) is 4.66. The van der Waals surface area contributed by atoms with Gasteiger partial charge in [-0.2, -0.15) is 0 Å². The number of fused-ring (bicyclic) bond motifs is 4. The van der Waals surface area contributed by atoms with Crippen molar-refractivity contribution >= 4 is 16.6 Å². The Balaban J connectivity index is 2.04. The van der Waals surface area contributed by atoms with E-state index < -0.39 is 0 Å². The molecule has 7 nitrogen and oxygen atoms in total. The van der Waals surface area contributed by atoms with E-state index in [9.17, 15) is 9.59 Å². The van der Waals surface area contributed by atoms with Crippen LogP contribution in [0.2, 0.25) is 0 Å². The van der Waals surface area contributed by atoms with Crippen molar-refractivity contribution in [2.75, 3.05) is 28.4 Å². The van der Waals surface area contributed by atoms with E-state index in [0.29, 0.717) is 58.0 Å². The number of hydrogen-bond donors (Lipinski definition) is 0. The number of methoxy groups -OCH3 is 4. The molecule has 0 fully saturated rings. The molecule has 150 valence electrons. The Morgan fingerprint density at radius 3 is 2.14 bits per heavy atom. The lowest BCUT2D eigenvalue weighted by atomic mass is 9.97. The Bertz CT molecular complexity index is 1190. The van der Waals surface area contributed by atoms with Crippen molar-refractivity contribution in [1.29, 1.82) is 0 Å². The summed E-state index contributed by atoms with van der Waals surface area (Å²) in [6, 6.07) is 8.49. The summed E-state index contributed by atoms with van der Waals surface area (Å²) in [6.45, 7) is 0.382. The second-order valence-electron chi connectivity index (χ2n) is 6.69. The van der Waals surface area contributed by atoms with Gasteiger partial charge in [0, 0.05) is 28.9 Å². The van der Waals surface area contributed by atoms with Crippen molar-refractivity contribution in [2.24, 2.45) is 0 Å². The molecule has 0 aliphatic carbocycles. The van der Waals surface area contributed by atoms with Crippen LogP contribution in [0.25, 0.3) is 10.8 Å². The van der Waals surface area contributed by atoms with Crippen molar-refractivity contribution in [3.05, 3.63) is 57.5 Å². The lowest BCUT2D eigenvalue weighted by Crippen LogP contribution is -2.25. The molecule has 1 aliphatic heterocycles. The van der Waals surface area contributed by atoms with E-state index >= 15 is 0 Å². The number of pyridine rings is 1. The fourth-order valence-electron chi connectivity index (χ4n) is 3.92. The molecule has 29 heavy (non-hydrogen) atoms. The minimum Gasteiger partial charge on any atom is -0.493 e. The van der Waals surface area contributed by atoms with Gasteiger partial charge in [-0.15, -0.1) is 0 Å². The summed E-state index contributed by atoms with van der Waals surface area (Å²) >= 11 is 0. The van der Waals surface area contributed by atoms with E-state index in [1.807, 2.05) is 0 Å². The zero-order valence-electron chi connectivity index (χ0n) is 16.7. The van der Waals surface area contributed by atoms with Crippen molar-refractivity contribution in [1.82, 2.24) is 4.57 Å². The van der Waals surface area contributed by atoms with E-state index in [-0.39, 0.29) is 11.3 Å². The molecule has 0 spiro atoms. The van der Waals surface area contributed by atoms with Gasteiger partial charge >= 0.3 is 0 Å². The molecule has 4 rings (SSSR count). The second-order valence-corrected chi connectivity index (χ2v) is 6.69. The summed E-state index contributed by atoms with van der Waals surface area (Å²) in [5.41, 5.74) is 1.37. The Hall–Kier alpha value is -3.48. The molecule has 2 heterocycles. The van der Waals surface area contributed by atoms with E-state index in [1.165, 1.54) is 32.0 Å². The molecule has 0 atom stereocenters. The third kappa shape index (κ3) is 2.81. The van der Waals surface area contributed by atoms with Crippen molar-refractivity contribution in [3.63, 3.8) is 0 Å². The number of ketones is 1. The Morgan fingerprint density at radius 2 is 1.48 bits per heavy atom. The van der Waals surface area contributed by atoms with E-state index in [0.717, 1.165) is 5.56 Å². The van der Waals surface area contributed by atoms with Crippen LogP contribution in [0.4, 0.5) is 0 Å². The molecular formula is C22H21NO6. The van der Waals surface area contributed by atoms with Crippen molar-refractivity contribution in [2.45, 2.75) is 13.0 Å². The van der Waals surface area contributed by atoms with Crippen molar-refractivity contribution < 1.29 is 23.7 Å². The zero-order valence-corrected chi connectivity index (χ0v) is 16.7. The lowest BCUT2D eigenvalue weighted by Gasteiger charge is -2.16. The van der Waals surface area contributed by atoms with Crippen LogP contribution in [-0.4, -0.2) is 38.8 Å². The number of aryl methyl sites for hydroxylation is 1. The first-order chi connectivity index (χ1) is 14.0. The lowest BCUT2D eigenvalue weighted by molar-refractivity contribution is 0.103. The summed E-state index contributed by atoms with van der Waals surface area (Å²) in [4.78, 5) is 26.5. The molecule has 0 unspecified atom stereocenters. The van der Waals surface area contributed by atoms with Gasteiger partial charge in [-0.3, -0.25) is 9.59 Å². The average molecular weight is 395 g/mol. The SMILES string of the molecule is COc1cc2c(cc1OC)C(=O)c1c3ccc(OC)c(OC)c3cc(=O)n1CC2. The van der Waals surface area contributed by atoms with Gasteiger partial charge in [-0.05, 0) is 36.2 Å². The van der Waals surface area contributed by atoms with Crippen LogP contribution in [0.1, 0.15) is 21.6 Å². The van der Waals surface area contributed by atoms with Crippen LogP contribution in [0.5, 0.6) is 23.0 Å². The van der Waals surface area contributed by atoms with E-state index in [2.05, 4.69) is 0 Å². The molecule has 0 bridgehead atoms. The number of nitrogens with zero attached hydrogens (tertiary/aromatic N) is 1. The highest BCUT2D eigenvalue weighted by atomic mass is 16.5. The highest BCUT2D eigenvalue weighted by Gasteiger charge is 2.27. The molecule has 1 aliphatic rings. The summed E-state index contributed by atoms with van der Waals surface area (Å²) in [5, 5.41) is 1.18. The van der Waals surface area contributed by atoms with Crippen LogP contribution in [0.15, 0.2) is 35.1 Å². The van der Waals surface area contributed by atoms with Crippen molar-refractivity contribution in [3.8, 4) is 23.0 Å². The fourth-order valence-corrected chi connectivity index (χ4v) is 3.92. The Labute approximate surface area is 167 Å². The van der Waals surface area contributed by atoms with Gasteiger partial charge in [0.25, 0.3) is 5.56 Å². The molecule has 7 heteroatoms. The predicted octanol–water partition coefficient (Wildman–Crippen LogP) is 2.82. The monoisotopic (exact) mass is 395 g/mol. The number of carbonyl (C=O) groups excluding carboxylic acids is 1. The average Bonchev–Trinajstić information content (AvgIpc) is 2.89. The standard InChI is InChI=1S/C22H21NO6/c1-26-16-6-5-13-15(22(16)29-4)11-19(24)23-8-7-12-9-17(27-2)18(28-3)10-14(12)21(25)20(13)23/h5-6,9-11H,7-8H2,1-4H3. The highest BCUT2D eigenvalue weighted by molar-refractivity contribution is 6.17. The molecule has 2 aromatic carbocycles. The minimum atomic E-state index is -0.265. The fraction of sp³-hybridized carbons (Fsp3) is 0.273. The quantitative estimate of drug-likeness (QED) is 0.676. The van der Waals surface area contributed by atoms with Crippen LogP contribution >= 0.6 is 0 Å². The first-order valence-corrected chi connectivity index (χ1v) is 9.12. The van der Waals surface area contributed by atoms with Gasteiger partial charge in [0.2, 0.25) is 5.78 Å². The van der Waals surface area contributed by atoms with Crippen LogP contribution in [0.3, 0.4) is 0 Å². The van der Waals surface area contributed by atoms with Gasteiger partial charge in [-0.1, -0.05) is 0 Å². The van der Waals surface area contributed by atoms with Gasteiger partial charge in [0.15, 0.2) is 23.0 Å². The van der Waals surface area contributed by atoms with Gasteiger partial charge < -0.3 is 23.5 Å². The van der Waals surface area contributed by atoms with Crippen LogP contribution in [-0.2, 0) is 13.0 Å². The molecule has 0 N–H and O–H groups in total. The molecule has 1 aromatic heterocycles. The van der Waals surface area contributed by atoms with Gasteiger partial charge in [0.1, 0.15) is 5.69 Å². The van der Waals surface area contributed by atoms with E-state index in [4.69, 9.17) is 18.9 Å². The number of carbonyl (C=O) groups is 1. The van der Waals surface area contributed by atoms with Crippen LogP contribution in [0, 0.1) is 0 Å². The summed E-state index contributed by atoms with van der Waals surface area (Å²) in [6.07, 6.45) is 0.521. The molecule has 0 radical (unpaired) electrons.